The molecule has 0 unspecified atom stereocenters. The molecule has 6 heteroatoms. The summed E-state index contributed by atoms with van der Waals surface area (Å²) in [6, 6.07) is 16.8. The Labute approximate surface area is 178 Å². The van der Waals surface area contributed by atoms with Crippen LogP contribution in [0.3, 0.4) is 0 Å². The smallest absolute Gasteiger partial charge is 0.173 e. The van der Waals surface area contributed by atoms with Crippen LogP contribution in [0.5, 0.6) is 0 Å². The van der Waals surface area contributed by atoms with E-state index < -0.39 is 0 Å². The number of rotatable bonds is 6. The normalized spacial score (nSPS) is 15.7. The zero-order valence-electron chi connectivity index (χ0n) is 17.3. The highest BCUT2D eigenvalue weighted by Gasteiger charge is 2.19. The zero-order valence-corrected chi connectivity index (χ0v) is 18.1. The Morgan fingerprint density at radius 3 is 2.45 bits per heavy atom. The summed E-state index contributed by atoms with van der Waals surface area (Å²) in [4.78, 5) is 2.47. The van der Waals surface area contributed by atoms with Crippen LogP contribution in [0.1, 0.15) is 36.2 Å². The average Bonchev–Trinajstić information content (AvgIpc) is 3.08. The maximum atomic E-state index is 5.53. The molecule has 1 aromatic carbocycles. The van der Waals surface area contributed by atoms with Crippen LogP contribution < -0.4 is 0 Å². The van der Waals surface area contributed by atoms with Gasteiger partial charge in [0.15, 0.2) is 5.82 Å². The fourth-order valence-electron chi connectivity index (χ4n) is 4.13. The van der Waals surface area contributed by atoms with Gasteiger partial charge in [-0.3, -0.25) is 4.90 Å². The molecule has 5 nitrogen and oxygen atoms in total. The van der Waals surface area contributed by atoms with Crippen LogP contribution in [0.15, 0.2) is 48.5 Å². The summed E-state index contributed by atoms with van der Waals surface area (Å²) < 4.78 is 4.59. The molecule has 152 valence electrons. The number of hydrogen-bond donors (Lipinski definition) is 0. The summed E-state index contributed by atoms with van der Waals surface area (Å²) in [6.07, 6.45) is 4.96. The van der Waals surface area contributed by atoms with Gasteiger partial charge in [-0.05, 0) is 69.2 Å². The van der Waals surface area contributed by atoms with E-state index in [4.69, 9.17) is 17.3 Å². The van der Waals surface area contributed by atoms with Crippen molar-refractivity contribution < 1.29 is 0 Å². The van der Waals surface area contributed by atoms with Crippen LogP contribution in [-0.4, -0.2) is 37.6 Å². The molecule has 0 radical (unpaired) electrons. The van der Waals surface area contributed by atoms with Crippen molar-refractivity contribution in [2.75, 3.05) is 13.1 Å². The third kappa shape index (κ3) is 5.00. The lowest BCUT2D eigenvalue weighted by Crippen LogP contribution is -2.36. The molecular weight excluding hydrogens is 378 g/mol. The summed E-state index contributed by atoms with van der Waals surface area (Å²) in [6.45, 7) is 7.01. The average molecular weight is 408 g/mol. The Morgan fingerprint density at radius 2 is 1.76 bits per heavy atom. The first-order valence-electron chi connectivity index (χ1n) is 10.5. The third-order valence-electron chi connectivity index (χ3n) is 5.80. The molecule has 0 spiro atoms. The highest BCUT2D eigenvalue weighted by Crippen LogP contribution is 2.23. The van der Waals surface area contributed by atoms with Crippen molar-refractivity contribution in [1.29, 1.82) is 0 Å². The third-order valence-corrected chi connectivity index (χ3v) is 6.15. The first-order valence-corrected chi connectivity index (χ1v) is 10.9. The van der Waals surface area contributed by atoms with Crippen LogP contribution in [0.25, 0.3) is 5.82 Å². The van der Waals surface area contributed by atoms with Gasteiger partial charge in [0.1, 0.15) is 4.64 Å². The maximum absolute atomic E-state index is 5.53. The van der Waals surface area contributed by atoms with Crippen molar-refractivity contribution in [3.8, 4) is 5.82 Å². The van der Waals surface area contributed by atoms with Crippen molar-refractivity contribution in [1.82, 2.24) is 24.5 Å². The van der Waals surface area contributed by atoms with E-state index in [-0.39, 0.29) is 0 Å². The maximum Gasteiger partial charge on any atom is 0.173 e. The molecule has 1 aliphatic heterocycles. The van der Waals surface area contributed by atoms with E-state index in [2.05, 4.69) is 46.4 Å². The monoisotopic (exact) mass is 407 g/mol. The van der Waals surface area contributed by atoms with Crippen LogP contribution in [0.2, 0.25) is 0 Å². The second-order valence-corrected chi connectivity index (χ2v) is 8.51. The van der Waals surface area contributed by atoms with Gasteiger partial charge in [0.05, 0.1) is 12.4 Å². The zero-order chi connectivity index (χ0) is 20.2. The molecule has 3 aromatic rings. The van der Waals surface area contributed by atoms with E-state index in [9.17, 15) is 0 Å². The van der Waals surface area contributed by atoms with Gasteiger partial charge in [0, 0.05) is 18.8 Å². The van der Waals surface area contributed by atoms with Crippen molar-refractivity contribution in [2.45, 2.75) is 46.2 Å². The molecule has 1 fully saturated rings. The van der Waals surface area contributed by atoms with Crippen molar-refractivity contribution in [3.63, 3.8) is 0 Å². The topological polar surface area (TPSA) is 38.9 Å². The molecule has 0 amide bonds. The molecule has 3 heterocycles. The van der Waals surface area contributed by atoms with Gasteiger partial charge in [0.25, 0.3) is 0 Å². The first kappa shape index (κ1) is 20.0. The van der Waals surface area contributed by atoms with Gasteiger partial charge in [-0.2, -0.15) is 10.2 Å². The highest BCUT2D eigenvalue weighted by molar-refractivity contribution is 7.71. The van der Waals surface area contributed by atoms with Crippen LogP contribution in [0, 0.1) is 24.4 Å². The standard InChI is InChI=1S/C23H29N5S/c1-18-16-19(2)28(24-18)22-10-11-23(29)27(25-22)17-26-14-12-21(13-15-26)9-8-20-6-4-3-5-7-20/h3-7,10-11,16,21H,8-9,12-15,17H2,1-2H3. The Hall–Kier alpha value is -2.31. The molecule has 2 aromatic heterocycles. The van der Waals surface area contributed by atoms with E-state index in [1.165, 1.54) is 31.2 Å². The molecule has 4 rings (SSSR count). The number of nitrogens with zero attached hydrogens (tertiary/aromatic N) is 5. The number of benzene rings is 1. The molecular formula is C23H29N5S. The Kier molecular flexibility index (Phi) is 6.21. The molecule has 0 saturated carbocycles. The van der Waals surface area contributed by atoms with Crippen molar-refractivity contribution in [3.05, 3.63) is 70.1 Å². The predicted octanol–water partition coefficient (Wildman–Crippen LogP) is 4.72. The summed E-state index contributed by atoms with van der Waals surface area (Å²) in [5.74, 6) is 1.63. The van der Waals surface area contributed by atoms with E-state index >= 15 is 0 Å². The first-order chi connectivity index (χ1) is 14.1. The summed E-state index contributed by atoms with van der Waals surface area (Å²) in [5.41, 5.74) is 3.53. The molecule has 0 N–H and O–H groups in total. The summed E-state index contributed by atoms with van der Waals surface area (Å²) in [5, 5.41) is 9.32. The van der Waals surface area contributed by atoms with Crippen LogP contribution >= 0.6 is 12.2 Å². The lowest BCUT2D eigenvalue weighted by atomic mass is 9.91. The predicted molar refractivity (Wildman–Crippen MR) is 119 cm³/mol. The quantitative estimate of drug-likeness (QED) is 0.555. The largest absolute Gasteiger partial charge is 0.284 e. The fourth-order valence-corrected chi connectivity index (χ4v) is 4.30. The van der Waals surface area contributed by atoms with Crippen molar-refractivity contribution >= 4 is 12.2 Å². The van der Waals surface area contributed by atoms with Crippen LogP contribution in [-0.2, 0) is 13.1 Å². The van der Waals surface area contributed by atoms with Gasteiger partial charge < -0.3 is 0 Å². The van der Waals surface area contributed by atoms with E-state index in [0.717, 1.165) is 47.5 Å². The van der Waals surface area contributed by atoms with Crippen LogP contribution in [0.4, 0.5) is 0 Å². The Morgan fingerprint density at radius 1 is 1.00 bits per heavy atom. The van der Waals surface area contributed by atoms with Crippen molar-refractivity contribution in [2.24, 2.45) is 5.92 Å². The number of aryl methyl sites for hydroxylation is 3. The minimum atomic E-state index is 0.747. The second-order valence-electron chi connectivity index (χ2n) is 8.10. The van der Waals surface area contributed by atoms with Gasteiger partial charge in [-0.1, -0.05) is 42.5 Å². The van der Waals surface area contributed by atoms with Gasteiger partial charge in [0.2, 0.25) is 0 Å². The number of likely N-dealkylation sites (tertiary alicyclic amines) is 1. The lowest BCUT2D eigenvalue weighted by Gasteiger charge is -2.32. The Bertz CT molecular complexity index is 1000. The summed E-state index contributed by atoms with van der Waals surface area (Å²) >= 11 is 5.53. The molecule has 0 atom stereocenters. The summed E-state index contributed by atoms with van der Waals surface area (Å²) in [7, 11) is 0. The fraction of sp³-hybridized carbons (Fsp3) is 0.435. The van der Waals surface area contributed by atoms with Gasteiger partial charge >= 0.3 is 0 Å². The molecule has 1 saturated heterocycles. The molecule has 29 heavy (non-hydrogen) atoms. The van der Waals surface area contributed by atoms with E-state index in [1.807, 2.05) is 35.3 Å². The SMILES string of the molecule is Cc1cc(C)n(-c2ccc(=S)n(CN3CCC(CCc4ccccc4)CC3)n2)n1. The number of piperidine rings is 1. The molecule has 1 aliphatic rings. The van der Waals surface area contributed by atoms with Gasteiger partial charge in [-0.25, -0.2) is 9.36 Å². The number of hydrogen-bond acceptors (Lipinski definition) is 4. The lowest BCUT2D eigenvalue weighted by molar-refractivity contribution is 0.136. The number of aromatic nitrogens is 4. The van der Waals surface area contributed by atoms with E-state index in [1.54, 1.807) is 0 Å². The van der Waals surface area contributed by atoms with Gasteiger partial charge in [-0.15, -0.1) is 0 Å². The highest BCUT2D eigenvalue weighted by atomic mass is 32.1. The minimum Gasteiger partial charge on any atom is -0.284 e. The Balaban J connectivity index is 1.35. The minimum absolute atomic E-state index is 0.747. The molecule has 0 bridgehead atoms. The molecule has 0 aliphatic carbocycles. The second kappa shape index (κ2) is 9.01. The van der Waals surface area contributed by atoms with E-state index in [0.29, 0.717) is 0 Å².